The van der Waals surface area contributed by atoms with E-state index in [4.69, 9.17) is 0 Å². The molecule has 0 aromatic carbocycles. The highest BCUT2D eigenvalue weighted by atomic mass is 35.5. The van der Waals surface area contributed by atoms with Gasteiger partial charge in [0.2, 0.25) is 0 Å². The second-order valence-electron chi connectivity index (χ2n) is 0.591. The standard InChI is InChI=1S/C3HClO3/c4-3(6)7-2-1-5/h2H. The first-order valence-corrected chi connectivity index (χ1v) is 1.70. The molecule has 0 aliphatic rings. The molecule has 0 aliphatic heterocycles. The third-order valence-corrected chi connectivity index (χ3v) is 0.289. The average Bonchev–Trinajstić information content (AvgIpc) is 1.61. The Morgan fingerprint density at radius 3 is 2.57 bits per heavy atom. The van der Waals surface area contributed by atoms with E-state index < -0.39 is 5.43 Å². The van der Waals surface area contributed by atoms with Crippen molar-refractivity contribution in [2.45, 2.75) is 0 Å². The quantitative estimate of drug-likeness (QED) is 0.291. The van der Waals surface area contributed by atoms with E-state index >= 15 is 0 Å². The molecule has 38 valence electrons. The van der Waals surface area contributed by atoms with E-state index in [1.165, 1.54) is 5.94 Å². The van der Waals surface area contributed by atoms with Gasteiger partial charge in [-0.25, -0.2) is 9.59 Å². The van der Waals surface area contributed by atoms with Crippen LogP contribution in [0.2, 0.25) is 0 Å². The highest BCUT2D eigenvalue weighted by Crippen LogP contribution is 1.83. The number of carbonyl (C=O) groups is 1. The zero-order chi connectivity index (χ0) is 5.70. The Kier molecular flexibility index (Phi) is 3.02. The van der Waals surface area contributed by atoms with Crippen LogP contribution < -0.4 is 0 Å². The van der Waals surface area contributed by atoms with E-state index in [9.17, 15) is 9.59 Å². The van der Waals surface area contributed by atoms with E-state index in [-0.39, 0.29) is 0 Å². The Morgan fingerprint density at radius 1 is 1.86 bits per heavy atom. The van der Waals surface area contributed by atoms with Gasteiger partial charge < -0.3 is 4.74 Å². The van der Waals surface area contributed by atoms with E-state index in [2.05, 4.69) is 16.3 Å². The van der Waals surface area contributed by atoms with E-state index in [1.807, 2.05) is 0 Å². The highest BCUT2D eigenvalue weighted by Gasteiger charge is 1.85. The van der Waals surface area contributed by atoms with Crippen LogP contribution in [0.15, 0.2) is 6.26 Å². The largest absolute Gasteiger partial charge is 0.410 e. The second-order valence-corrected chi connectivity index (χ2v) is 0.900. The lowest BCUT2D eigenvalue weighted by atomic mass is 11.1. The van der Waals surface area contributed by atoms with Crippen molar-refractivity contribution < 1.29 is 14.3 Å². The topological polar surface area (TPSA) is 43.4 Å². The normalized spacial score (nSPS) is 6.43. The molecule has 0 aromatic heterocycles. The van der Waals surface area contributed by atoms with Gasteiger partial charge in [0.25, 0.3) is 0 Å². The lowest BCUT2D eigenvalue weighted by molar-refractivity contribution is 0.213. The van der Waals surface area contributed by atoms with Crippen molar-refractivity contribution in [3.8, 4) is 0 Å². The Labute approximate surface area is 44.5 Å². The number of rotatable bonds is 1. The summed E-state index contributed by atoms with van der Waals surface area (Å²) in [6.45, 7) is 0. The van der Waals surface area contributed by atoms with Gasteiger partial charge in [-0.15, -0.1) is 0 Å². The molecule has 0 atom stereocenters. The zero-order valence-electron chi connectivity index (χ0n) is 3.18. The number of carbonyl (C=O) groups excluding carboxylic acids is 2. The molecule has 0 heterocycles. The number of hydrogen-bond donors (Lipinski definition) is 0. The smallest absolute Gasteiger partial charge is 0.409 e. The van der Waals surface area contributed by atoms with Crippen LogP contribution in [0.1, 0.15) is 0 Å². The van der Waals surface area contributed by atoms with Crippen molar-refractivity contribution in [2.75, 3.05) is 0 Å². The van der Waals surface area contributed by atoms with Gasteiger partial charge in [0.05, 0.1) is 0 Å². The predicted octanol–water partition coefficient (Wildman–Crippen LogP) is 0.707. The second kappa shape index (κ2) is 3.40. The van der Waals surface area contributed by atoms with E-state index in [0.717, 1.165) is 0 Å². The van der Waals surface area contributed by atoms with E-state index in [1.54, 1.807) is 0 Å². The van der Waals surface area contributed by atoms with Crippen molar-refractivity contribution in [1.82, 2.24) is 0 Å². The summed E-state index contributed by atoms with van der Waals surface area (Å²) in [6, 6.07) is 0. The van der Waals surface area contributed by atoms with Gasteiger partial charge in [0.15, 0.2) is 12.2 Å². The van der Waals surface area contributed by atoms with Crippen LogP contribution in [0.3, 0.4) is 0 Å². The van der Waals surface area contributed by atoms with Gasteiger partial charge in [0, 0.05) is 11.6 Å². The van der Waals surface area contributed by atoms with Gasteiger partial charge in [-0.2, -0.15) is 0 Å². The molecule has 3 nitrogen and oxygen atoms in total. The molecule has 4 heteroatoms. The van der Waals surface area contributed by atoms with Crippen molar-refractivity contribution in [3.63, 3.8) is 0 Å². The minimum absolute atomic E-state index is 0.537. The summed E-state index contributed by atoms with van der Waals surface area (Å²) in [5, 5.41) is 0. The maximum absolute atomic E-state index is 9.54. The van der Waals surface area contributed by atoms with Crippen LogP contribution in [-0.4, -0.2) is 11.4 Å². The van der Waals surface area contributed by atoms with Crippen molar-refractivity contribution in [1.29, 1.82) is 0 Å². The van der Waals surface area contributed by atoms with Gasteiger partial charge >= 0.3 is 5.43 Å². The first-order valence-electron chi connectivity index (χ1n) is 1.33. The summed E-state index contributed by atoms with van der Waals surface area (Å²) in [5.41, 5.74) is -1.04. The minimum Gasteiger partial charge on any atom is -0.410 e. The lowest BCUT2D eigenvalue weighted by Gasteiger charge is -1.78. The molecule has 0 fully saturated rings. The fourth-order valence-corrected chi connectivity index (χ4v) is 0.115. The van der Waals surface area contributed by atoms with Crippen LogP contribution in [-0.2, 0) is 9.53 Å². The average molecular weight is 120 g/mol. The summed E-state index contributed by atoms with van der Waals surface area (Å²) in [7, 11) is 0. The molecule has 7 heavy (non-hydrogen) atoms. The van der Waals surface area contributed by atoms with Gasteiger partial charge in [-0.1, -0.05) is 0 Å². The fourth-order valence-electron chi connectivity index (χ4n) is 0.0704. The van der Waals surface area contributed by atoms with E-state index in [0.29, 0.717) is 6.26 Å². The molecular formula is C3HClO3. The van der Waals surface area contributed by atoms with Crippen LogP contribution in [0.5, 0.6) is 0 Å². The molecule has 0 rings (SSSR count). The molecular weight excluding hydrogens is 119 g/mol. The number of hydrogen-bond acceptors (Lipinski definition) is 3. The predicted molar refractivity (Wildman–Crippen MR) is 22.6 cm³/mol. The monoisotopic (exact) mass is 120 g/mol. The first kappa shape index (κ1) is 6.21. The molecule has 0 bridgehead atoms. The van der Waals surface area contributed by atoms with Gasteiger partial charge in [0.1, 0.15) is 0 Å². The van der Waals surface area contributed by atoms with Crippen LogP contribution in [0.4, 0.5) is 4.79 Å². The number of ether oxygens (including phenoxy) is 1. The molecule has 0 spiro atoms. The Morgan fingerprint density at radius 2 is 2.43 bits per heavy atom. The summed E-state index contributed by atoms with van der Waals surface area (Å²) in [6.07, 6.45) is 0.537. The molecule has 0 radical (unpaired) electrons. The molecule has 0 amide bonds. The fraction of sp³-hybridized carbons (Fsp3) is 0. The molecule has 0 aromatic rings. The molecule has 0 N–H and O–H groups in total. The Hall–Kier alpha value is -0.790. The van der Waals surface area contributed by atoms with Crippen molar-refractivity contribution in [2.24, 2.45) is 0 Å². The maximum Gasteiger partial charge on any atom is 0.409 e. The van der Waals surface area contributed by atoms with Gasteiger partial charge in [-0.05, 0) is 0 Å². The third kappa shape index (κ3) is 5.21. The van der Waals surface area contributed by atoms with Crippen molar-refractivity contribution in [3.05, 3.63) is 6.26 Å². The summed E-state index contributed by atoms with van der Waals surface area (Å²) in [4.78, 5) is 18.7. The lowest BCUT2D eigenvalue weighted by Crippen LogP contribution is -1.81. The SMILES string of the molecule is O=C=COC(=O)Cl. The maximum atomic E-state index is 9.54. The highest BCUT2D eigenvalue weighted by molar-refractivity contribution is 6.61. The summed E-state index contributed by atoms with van der Waals surface area (Å²) < 4.78 is 3.77. The Bertz CT molecular complexity index is 113. The molecule has 0 unspecified atom stereocenters. The molecule has 0 saturated carbocycles. The summed E-state index contributed by atoms with van der Waals surface area (Å²) in [5.74, 6) is 1.20. The van der Waals surface area contributed by atoms with Crippen LogP contribution in [0.25, 0.3) is 0 Å². The van der Waals surface area contributed by atoms with Crippen LogP contribution >= 0.6 is 11.6 Å². The number of halogens is 1. The first-order chi connectivity index (χ1) is 3.27. The molecule has 0 aliphatic carbocycles. The Balaban J connectivity index is 3.32. The zero-order valence-corrected chi connectivity index (χ0v) is 3.94. The van der Waals surface area contributed by atoms with Gasteiger partial charge in [-0.3, -0.25) is 0 Å². The molecule has 0 saturated heterocycles. The van der Waals surface area contributed by atoms with Crippen LogP contribution in [0, 0.1) is 0 Å². The van der Waals surface area contributed by atoms with Crippen molar-refractivity contribution >= 4 is 23.0 Å². The third-order valence-electron chi connectivity index (χ3n) is 0.200. The summed E-state index contributed by atoms with van der Waals surface area (Å²) >= 11 is 4.59. The minimum atomic E-state index is -1.04.